The van der Waals surface area contributed by atoms with Crippen molar-refractivity contribution in [2.45, 2.75) is 19.8 Å². The smallest absolute Gasteiger partial charge is 0.163 e. The van der Waals surface area contributed by atoms with Crippen LogP contribution in [0.2, 0.25) is 0 Å². The zero-order valence-corrected chi connectivity index (χ0v) is 7.90. The molecule has 2 rings (SSSR count). The molecule has 3 nitrogen and oxygen atoms in total. The van der Waals surface area contributed by atoms with Crippen molar-refractivity contribution in [2.24, 2.45) is 0 Å². The van der Waals surface area contributed by atoms with Crippen molar-refractivity contribution in [1.82, 2.24) is 10.2 Å². The maximum Gasteiger partial charge on any atom is 0.163 e. The number of anilines is 1. The lowest BCUT2D eigenvalue weighted by atomic mass is 10.2. The predicted molar refractivity (Wildman–Crippen MR) is 52.5 cm³/mol. The summed E-state index contributed by atoms with van der Waals surface area (Å²) in [4.78, 5) is 1.35. The molecule has 0 bridgehead atoms. The predicted octanol–water partition coefficient (Wildman–Crippen LogP) is 2.33. The van der Waals surface area contributed by atoms with Gasteiger partial charge in [0.15, 0.2) is 5.82 Å². The number of nitrogen functional groups attached to an aromatic ring is 1. The molecule has 2 heterocycles. The normalized spacial score (nSPS) is 11.6. The standard InChI is InChI=1S/C8H11N3S/c1-4(2)6-3-5-7(12-6)8(9)11-10-5/h3-4H,1-2H3,(H3,9,10,11). The Kier molecular flexibility index (Phi) is 1.58. The third kappa shape index (κ3) is 0.992. The van der Waals surface area contributed by atoms with Crippen LogP contribution in [0.3, 0.4) is 0 Å². The van der Waals surface area contributed by atoms with Gasteiger partial charge < -0.3 is 5.73 Å². The van der Waals surface area contributed by atoms with Crippen LogP contribution in [0.25, 0.3) is 10.2 Å². The molecule has 0 aliphatic carbocycles. The first kappa shape index (κ1) is 7.61. The minimum Gasteiger partial charge on any atom is -0.381 e. The van der Waals surface area contributed by atoms with Gasteiger partial charge in [-0.1, -0.05) is 13.8 Å². The number of hydrogen-bond acceptors (Lipinski definition) is 3. The molecule has 0 radical (unpaired) electrons. The van der Waals surface area contributed by atoms with E-state index in [1.807, 2.05) is 0 Å². The van der Waals surface area contributed by atoms with Gasteiger partial charge in [-0.25, -0.2) is 0 Å². The molecular formula is C8H11N3S. The van der Waals surface area contributed by atoms with E-state index in [-0.39, 0.29) is 0 Å². The second-order valence-electron chi connectivity index (χ2n) is 3.16. The summed E-state index contributed by atoms with van der Waals surface area (Å²) in [5.41, 5.74) is 6.71. The first-order valence-electron chi connectivity index (χ1n) is 3.91. The van der Waals surface area contributed by atoms with E-state index in [0.29, 0.717) is 11.7 Å². The number of nitrogens with one attached hydrogen (secondary N) is 1. The van der Waals surface area contributed by atoms with E-state index in [1.54, 1.807) is 11.3 Å². The Morgan fingerprint density at radius 1 is 1.58 bits per heavy atom. The van der Waals surface area contributed by atoms with Crippen LogP contribution < -0.4 is 5.73 Å². The fourth-order valence-electron chi connectivity index (χ4n) is 1.14. The molecule has 2 aromatic heterocycles. The average Bonchev–Trinajstić information content (AvgIpc) is 2.53. The van der Waals surface area contributed by atoms with Crippen LogP contribution in [-0.4, -0.2) is 10.2 Å². The molecule has 0 saturated carbocycles. The SMILES string of the molecule is CC(C)c1cc2[nH]nc(N)c2s1. The van der Waals surface area contributed by atoms with Crippen molar-refractivity contribution in [2.75, 3.05) is 5.73 Å². The molecule has 0 fully saturated rings. The number of aromatic nitrogens is 2. The molecule has 0 unspecified atom stereocenters. The summed E-state index contributed by atoms with van der Waals surface area (Å²) >= 11 is 1.72. The molecule has 0 aliphatic rings. The highest BCUT2D eigenvalue weighted by atomic mass is 32.1. The van der Waals surface area contributed by atoms with Gasteiger partial charge in [-0.15, -0.1) is 11.3 Å². The van der Waals surface area contributed by atoms with Crippen molar-refractivity contribution < 1.29 is 0 Å². The molecule has 0 atom stereocenters. The fourth-order valence-corrected chi connectivity index (χ4v) is 2.15. The lowest BCUT2D eigenvalue weighted by Crippen LogP contribution is -1.83. The minimum atomic E-state index is 0.565. The third-order valence-electron chi connectivity index (χ3n) is 1.85. The van der Waals surface area contributed by atoms with Crippen molar-refractivity contribution in [1.29, 1.82) is 0 Å². The highest BCUT2D eigenvalue weighted by molar-refractivity contribution is 7.19. The van der Waals surface area contributed by atoms with E-state index >= 15 is 0 Å². The summed E-state index contributed by atoms with van der Waals surface area (Å²) in [6, 6.07) is 2.12. The summed E-state index contributed by atoms with van der Waals surface area (Å²) in [5.74, 6) is 1.18. The van der Waals surface area contributed by atoms with E-state index in [4.69, 9.17) is 5.73 Å². The van der Waals surface area contributed by atoms with Gasteiger partial charge in [-0.3, -0.25) is 5.10 Å². The molecular weight excluding hydrogens is 170 g/mol. The van der Waals surface area contributed by atoms with E-state index < -0.39 is 0 Å². The van der Waals surface area contributed by atoms with Crippen LogP contribution in [0.15, 0.2) is 6.07 Å². The monoisotopic (exact) mass is 181 g/mol. The van der Waals surface area contributed by atoms with E-state index in [2.05, 4.69) is 30.1 Å². The van der Waals surface area contributed by atoms with Crippen LogP contribution in [0.1, 0.15) is 24.6 Å². The number of nitrogens with zero attached hydrogens (tertiary/aromatic N) is 1. The van der Waals surface area contributed by atoms with Crippen molar-refractivity contribution >= 4 is 27.4 Å². The highest BCUT2D eigenvalue weighted by Crippen LogP contribution is 2.32. The van der Waals surface area contributed by atoms with Crippen LogP contribution in [-0.2, 0) is 0 Å². The molecule has 0 spiro atoms. The largest absolute Gasteiger partial charge is 0.381 e. The van der Waals surface area contributed by atoms with Gasteiger partial charge in [0.25, 0.3) is 0 Å². The minimum absolute atomic E-state index is 0.565. The number of rotatable bonds is 1. The van der Waals surface area contributed by atoms with Crippen LogP contribution >= 0.6 is 11.3 Å². The van der Waals surface area contributed by atoms with Gasteiger partial charge >= 0.3 is 0 Å². The van der Waals surface area contributed by atoms with Crippen LogP contribution in [0, 0.1) is 0 Å². The molecule has 12 heavy (non-hydrogen) atoms. The van der Waals surface area contributed by atoms with Crippen LogP contribution in [0.4, 0.5) is 5.82 Å². The lowest BCUT2D eigenvalue weighted by Gasteiger charge is -1.96. The zero-order chi connectivity index (χ0) is 8.72. The molecule has 0 aliphatic heterocycles. The Labute approximate surface area is 74.6 Å². The molecule has 0 saturated heterocycles. The Bertz CT molecular complexity index is 399. The number of thiophene rings is 1. The van der Waals surface area contributed by atoms with Gasteiger partial charge in [0.1, 0.15) is 0 Å². The average molecular weight is 181 g/mol. The second kappa shape index (κ2) is 2.48. The van der Waals surface area contributed by atoms with Gasteiger partial charge in [0, 0.05) is 4.88 Å². The maximum absolute atomic E-state index is 5.66. The Morgan fingerprint density at radius 2 is 2.33 bits per heavy atom. The Balaban J connectivity index is 2.63. The lowest BCUT2D eigenvalue weighted by molar-refractivity contribution is 0.890. The summed E-state index contributed by atoms with van der Waals surface area (Å²) < 4.78 is 1.08. The summed E-state index contributed by atoms with van der Waals surface area (Å²) in [6.45, 7) is 4.35. The molecule has 0 amide bonds. The third-order valence-corrected chi connectivity index (χ3v) is 3.31. The number of hydrogen-bond donors (Lipinski definition) is 2. The van der Waals surface area contributed by atoms with Crippen LogP contribution in [0.5, 0.6) is 0 Å². The van der Waals surface area contributed by atoms with E-state index in [1.165, 1.54) is 4.88 Å². The quantitative estimate of drug-likeness (QED) is 0.709. The molecule has 64 valence electrons. The van der Waals surface area contributed by atoms with Crippen molar-refractivity contribution in [3.8, 4) is 0 Å². The number of nitrogens with two attached hydrogens (primary N) is 1. The zero-order valence-electron chi connectivity index (χ0n) is 7.09. The highest BCUT2D eigenvalue weighted by Gasteiger charge is 2.09. The molecule has 0 aromatic carbocycles. The molecule has 4 heteroatoms. The first-order chi connectivity index (χ1) is 5.68. The van der Waals surface area contributed by atoms with E-state index in [9.17, 15) is 0 Å². The number of fused-ring (bicyclic) bond motifs is 1. The molecule has 2 aromatic rings. The van der Waals surface area contributed by atoms with Crippen molar-refractivity contribution in [3.63, 3.8) is 0 Å². The number of aromatic amines is 1. The molecule has 3 N–H and O–H groups in total. The van der Waals surface area contributed by atoms with Gasteiger partial charge in [-0.2, -0.15) is 5.10 Å². The van der Waals surface area contributed by atoms with Gasteiger partial charge in [-0.05, 0) is 12.0 Å². The van der Waals surface area contributed by atoms with Gasteiger partial charge in [0.05, 0.1) is 10.2 Å². The topological polar surface area (TPSA) is 54.7 Å². The van der Waals surface area contributed by atoms with Gasteiger partial charge in [0.2, 0.25) is 0 Å². The van der Waals surface area contributed by atoms with Crippen molar-refractivity contribution in [3.05, 3.63) is 10.9 Å². The Morgan fingerprint density at radius 3 is 2.92 bits per heavy atom. The Hall–Kier alpha value is -1.03. The van der Waals surface area contributed by atoms with E-state index in [0.717, 1.165) is 10.2 Å². The summed E-state index contributed by atoms with van der Waals surface area (Å²) in [5, 5.41) is 6.82. The number of H-pyrrole nitrogens is 1. The summed E-state index contributed by atoms with van der Waals surface area (Å²) in [7, 11) is 0. The first-order valence-corrected chi connectivity index (χ1v) is 4.73. The fraction of sp³-hybridized carbons (Fsp3) is 0.375. The maximum atomic E-state index is 5.66. The summed E-state index contributed by atoms with van der Waals surface area (Å²) in [6.07, 6.45) is 0. The second-order valence-corrected chi connectivity index (χ2v) is 4.24.